The third kappa shape index (κ3) is 4.47. The topological polar surface area (TPSA) is 99.0 Å². The van der Waals surface area contributed by atoms with Gasteiger partial charge in [0.05, 0.1) is 16.7 Å². The molecular weight excluding hydrogens is 332 g/mol. The lowest BCUT2D eigenvalue weighted by molar-refractivity contribution is 0.0952. The summed E-state index contributed by atoms with van der Waals surface area (Å²) in [6.45, 7) is 5.89. The van der Waals surface area contributed by atoms with Gasteiger partial charge in [0.2, 0.25) is 0 Å². The second-order valence-corrected chi connectivity index (χ2v) is 6.43. The number of hydrogen-bond donors (Lipinski definition) is 3. The number of aromatic hydroxyl groups is 2. The molecule has 1 amide bonds. The molecule has 0 aliphatic heterocycles. The van der Waals surface area contributed by atoms with Crippen molar-refractivity contribution in [3.63, 3.8) is 0 Å². The van der Waals surface area contributed by atoms with Gasteiger partial charge in [-0.1, -0.05) is 32.0 Å². The van der Waals surface area contributed by atoms with Gasteiger partial charge in [0.15, 0.2) is 5.78 Å². The number of benzene rings is 2. The highest BCUT2D eigenvalue weighted by Gasteiger charge is 2.21. The first kappa shape index (κ1) is 19.2. The molecule has 2 aromatic rings. The number of carbonyl (C=O) groups is 2. The molecule has 0 spiro atoms. The minimum Gasteiger partial charge on any atom is -0.507 e. The molecule has 0 aromatic heterocycles. The number of nitrogens with zero attached hydrogens (tertiary/aromatic N) is 1. The molecule has 0 saturated carbocycles. The van der Waals surface area contributed by atoms with Gasteiger partial charge in [-0.05, 0) is 43.5 Å². The maximum atomic E-state index is 12.6. The van der Waals surface area contributed by atoms with Crippen molar-refractivity contribution in [2.45, 2.75) is 27.2 Å². The first-order valence-corrected chi connectivity index (χ1v) is 8.29. The number of ketones is 1. The number of carbonyl (C=O) groups excluding carboxylic acids is 2. The number of rotatable bonds is 6. The molecule has 3 N–H and O–H groups in total. The summed E-state index contributed by atoms with van der Waals surface area (Å²) in [7, 11) is 0. The van der Waals surface area contributed by atoms with E-state index in [4.69, 9.17) is 0 Å². The third-order valence-corrected chi connectivity index (χ3v) is 3.73. The summed E-state index contributed by atoms with van der Waals surface area (Å²) >= 11 is 0. The van der Waals surface area contributed by atoms with E-state index in [1.165, 1.54) is 30.3 Å². The normalized spacial score (nSPS) is 11.5. The summed E-state index contributed by atoms with van der Waals surface area (Å²) in [6.07, 6.45) is 0.734. The smallest absolute Gasteiger partial charge is 0.275 e. The molecule has 0 unspecified atom stereocenters. The van der Waals surface area contributed by atoms with Crippen molar-refractivity contribution >= 4 is 17.4 Å². The highest BCUT2D eigenvalue weighted by atomic mass is 16.3. The molecule has 0 saturated heterocycles. The largest absolute Gasteiger partial charge is 0.507 e. The number of phenols is 2. The van der Waals surface area contributed by atoms with Crippen molar-refractivity contribution in [1.82, 2.24) is 5.43 Å². The molecule has 0 heterocycles. The molecule has 0 bridgehead atoms. The molecule has 6 nitrogen and oxygen atoms in total. The number of hydrazone groups is 1. The Kier molecular flexibility index (Phi) is 6.11. The highest BCUT2D eigenvalue weighted by Crippen LogP contribution is 2.28. The molecular formula is C20H22N2O4. The molecule has 0 fully saturated rings. The monoisotopic (exact) mass is 354 g/mol. The Morgan fingerprint density at radius 2 is 1.62 bits per heavy atom. The second-order valence-electron chi connectivity index (χ2n) is 6.43. The summed E-state index contributed by atoms with van der Waals surface area (Å²) in [5.41, 5.74) is 3.07. The average Bonchev–Trinajstić information content (AvgIpc) is 2.59. The van der Waals surface area contributed by atoms with Gasteiger partial charge in [0, 0.05) is 5.71 Å². The van der Waals surface area contributed by atoms with E-state index >= 15 is 0 Å². The Balaban J connectivity index is 2.28. The number of hydrogen-bond acceptors (Lipinski definition) is 5. The van der Waals surface area contributed by atoms with Crippen LogP contribution >= 0.6 is 0 Å². The van der Waals surface area contributed by atoms with E-state index in [2.05, 4.69) is 10.5 Å². The van der Waals surface area contributed by atoms with Crippen LogP contribution in [0.15, 0.2) is 47.6 Å². The Morgan fingerprint density at radius 3 is 2.27 bits per heavy atom. The van der Waals surface area contributed by atoms with E-state index in [9.17, 15) is 19.8 Å². The zero-order chi connectivity index (χ0) is 19.3. The van der Waals surface area contributed by atoms with Gasteiger partial charge >= 0.3 is 0 Å². The van der Waals surface area contributed by atoms with E-state index in [1.54, 1.807) is 19.1 Å². The standard InChI is InChI=1S/C20H22N2O4/c1-12(2)11-13(3)21-22-20(26)16-9-6-8-15(19(16)25)18(24)14-7-4-5-10-17(14)23/h4-10,12,23,25H,11H2,1-3H3,(H,22,26)/b21-13+. The first-order valence-electron chi connectivity index (χ1n) is 8.29. The van der Waals surface area contributed by atoms with Gasteiger partial charge < -0.3 is 10.2 Å². The lowest BCUT2D eigenvalue weighted by atomic mass is 9.99. The number of amides is 1. The van der Waals surface area contributed by atoms with Crippen LogP contribution in [0.3, 0.4) is 0 Å². The third-order valence-electron chi connectivity index (χ3n) is 3.73. The zero-order valence-electron chi connectivity index (χ0n) is 15.0. The number of phenolic OH excluding ortho intramolecular Hbond substituents is 2. The molecule has 136 valence electrons. The summed E-state index contributed by atoms with van der Waals surface area (Å²) in [4.78, 5) is 24.9. The first-order chi connectivity index (χ1) is 12.3. The van der Waals surface area contributed by atoms with E-state index in [1.807, 2.05) is 13.8 Å². The van der Waals surface area contributed by atoms with Crippen LogP contribution in [0.25, 0.3) is 0 Å². The number of para-hydroxylation sites is 2. The van der Waals surface area contributed by atoms with Crippen molar-refractivity contribution in [3.8, 4) is 11.5 Å². The fraction of sp³-hybridized carbons (Fsp3) is 0.250. The molecule has 2 aromatic carbocycles. The van der Waals surface area contributed by atoms with E-state index < -0.39 is 17.4 Å². The highest BCUT2D eigenvalue weighted by molar-refractivity contribution is 6.14. The van der Waals surface area contributed by atoms with Crippen molar-refractivity contribution in [1.29, 1.82) is 0 Å². The van der Waals surface area contributed by atoms with E-state index in [-0.39, 0.29) is 22.4 Å². The Labute approximate surface area is 152 Å². The Morgan fingerprint density at radius 1 is 1.00 bits per heavy atom. The van der Waals surface area contributed by atoms with Crippen LogP contribution in [0.1, 0.15) is 53.5 Å². The minimum absolute atomic E-state index is 0.0474. The predicted molar refractivity (Wildman–Crippen MR) is 99.7 cm³/mol. The van der Waals surface area contributed by atoms with Crippen LogP contribution in [0, 0.1) is 5.92 Å². The summed E-state index contributed by atoms with van der Waals surface area (Å²) in [6, 6.07) is 10.3. The van der Waals surface area contributed by atoms with Crippen LogP contribution in [0.5, 0.6) is 11.5 Å². The molecule has 0 aliphatic carbocycles. The Bertz CT molecular complexity index is 857. The second kappa shape index (κ2) is 8.29. The molecule has 0 radical (unpaired) electrons. The van der Waals surface area contributed by atoms with Crippen LogP contribution in [-0.4, -0.2) is 27.6 Å². The molecule has 0 aliphatic rings. The molecule has 6 heteroatoms. The minimum atomic E-state index is -0.613. The predicted octanol–water partition coefficient (Wildman–Crippen LogP) is 3.48. The lowest BCUT2D eigenvalue weighted by Gasteiger charge is -2.10. The van der Waals surface area contributed by atoms with Crippen molar-refractivity contribution in [3.05, 3.63) is 59.2 Å². The van der Waals surface area contributed by atoms with Crippen LogP contribution in [0.4, 0.5) is 0 Å². The molecule has 0 atom stereocenters. The maximum absolute atomic E-state index is 12.6. The summed E-state index contributed by atoms with van der Waals surface area (Å²) in [5.74, 6) is -1.42. The molecule has 26 heavy (non-hydrogen) atoms. The number of nitrogens with one attached hydrogen (secondary N) is 1. The maximum Gasteiger partial charge on any atom is 0.275 e. The van der Waals surface area contributed by atoms with E-state index in [0.29, 0.717) is 5.92 Å². The lowest BCUT2D eigenvalue weighted by Crippen LogP contribution is -2.20. The van der Waals surface area contributed by atoms with Crippen molar-refractivity contribution < 1.29 is 19.8 Å². The Hall–Kier alpha value is -3.15. The van der Waals surface area contributed by atoms with Gasteiger partial charge in [0.1, 0.15) is 11.5 Å². The summed E-state index contributed by atoms with van der Waals surface area (Å²) in [5, 5.41) is 24.2. The summed E-state index contributed by atoms with van der Waals surface area (Å²) < 4.78 is 0. The average molecular weight is 354 g/mol. The molecule has 2 rings (SSSR count). The van der Waals surface area contributed by atoms with Gasteiger partial charge in [-0.15, -0.1) is 0 Å². The van der Waals surface area contributed by atoms with Crippen molar-refractivity contribution in [2.24, 2.45) is 11.0 Å². The fourth-order valence-electron chi connectivity index (χ4n) is 2.56. The van der Waals surface area contributed by atoms with Crippen LogP contribution < -0.4 is 5.43 Å². The van der Waals surface area contributed by atoms with E-state index in [0.717, 1.165) is 12.1 Å². The quantitative estimate of drug-likeness (QED) is 0.420. The fourth-order valence-corrected chi connectivity index (χ4v) is 2.56. The SMILES string of the molecule is C/C(CC(C)C)=N\NC(=O)c1cccc(C(=O)c2ccccc2O)c1O. The van der Waals surface area contributed by atoms with Gasteiger partial charge in [-0.2, -0.15) is 5.10 Å². The zero-order valence-corrected chi connectivity index (χ0v) is 15.0. The van der Waals surface area contributed by atoms with Gasteiger partial charge in [-0.3, -0.25) is 9.59 Å². The van der Waals surface area contributed by atoms with Crippen molar-refractivity contribution in [2.75, 3.05) is 0 Å². The van der Waals surface area contributed by atoms with Crippen LogP contribution in [-0.2, 0) is 0 Å². The van der Waals surface area contributed by atoms with Gasteiger partial charge in [-0.25, -0.2) is 5.43 Å². The van der Waals surface area contributed by atoms with Crippen LogP contribution in [0.2, 0.25) is 0 Å². The van der Waals surface area contributed by atoms with Gasteiger partial charge in [0.25, 0.3) is 5.91 Å².